The van der Waals surface area contributed by atoms with Crippen LogP contribution in [0.5, 0.6) is 0 Å². The molecule has 8 heteroatoms. The minimum absolute atomic E-state index is 0.292. The molecule has 0 saturated heterocycles. The fourth-order valence-electron chi connectivity index (χ4n) is 1.22. The van der Waals surface area contributed by atoms with E-state index in [2.05, 4.69) is 9.97 Å². The maximum atomic E-state index is 12.2. The number of alkyl halides is 3. The Kier molecular flexibility index (Phi) is 2.55. The van der Waals surface area contributed by atoms with Gasteiger partial charge in [0.05, 0.1) is 11.8 Å². The highest BCUT2D eigenvalue weighted by Crippen LogP contribution is 2.29. The summed E-state index contributed by atoms with van der Waals surface area (Å²) in [4.78, 5) is 7.45. The molecule has 0 saturated carbocycles. The summed E-state index contributed by atoms with van der Waals surface area (Å²) in [6, 6.07) is 1.07. The number of hydrogen-bond acceptors (Lipinski definition) is 3. The molecule has 16 heavy (non-hydrogen) atoms. The molecule has 0 bridgehead atoms. The van der Waals surface area contributed by atoms with Crippen molar-refractivity contribution in [2.75, 3.05) is 0 Å². The van der Waals surface area contributed by atoms with Crippen molar-refractivity contribution in [2.24, 2.45) is 0 Å². The fourth-order valence-corrected chi connectivity index (χ4v) is 1.81. The van der Waals surface area contributed by atoms with Crippen molar-refractivity contribution in [1.82, 2.24) is 14.4 Å². The van der Waals surface area contributed by atoms with Gasteiger partial charge in [0, 0.05) is 6.20 Å². The summed E-state index contributed by atoms with van der Waals surface area (Å²) >= 11 is -3.11. The summed E-state index contributed by atoms with van der Waals surface area (Å²) in [6.45, 7) is 1.70. The van der Waals surface area contributed by atoms with E-state index in [9.17, 15) is 17.7 Å². The third kappa shape index (κ3) is 1.98. The maximum absolute atomic E-state index is 12.2. The van der Waals surface area contributed by atoms with E-state index >= 15 is 0 Å². The van der Waals surface area contributed by atoms with Gasteiger partial charge in [-0.15, -0.1) is 13.2 Å². The summed E-state index contributed by atoms with van der Waals surface area (Å²) < 4.78 is 49.0. The maximum Gasteiger partial charge on any atom is 0.579 e. The largest absolute Gasteiger partial charge is 0.603 e. The molecule has 2 aromatic heterocycles. The van der Waals surface area contributed by atoms with Gasteiger partial charge in [-0.05, 0) is 6.92 Å². The van der Waals surface area contributed by atoms with E-state index < -0.39 is 21.7 Å². The van der Waals surface area contributed by atoms with E-state index in [1.54, 1.807) is 13.1 Å². The Labute approximate surface area is 91.3 Å². The van der Waals surface area contributed by atoms with Crippen LogP contribution in [0, 0.1) is 6.92 Å². The lowest BCUT2D eigenvalue weighted by Crippen LogP contribution is -2.24. The highest BCUT2D eigenvalue weighted by molar-refractivity contribution is 7.92. The molecule has 0 aromatic carbocycles. The molecular weight excluding hydrogens is 243 g/mol. The molecule has 1 unspecified atom stereocenters. The standard InChI is InChI=1S/C8H6F3N3OS/c1-5-3-14-4-12-7(2-6(14)13-5)16(15)8(9,10)11/h2-4H,1H3. The highest BCUT2D eigenvalue weighted by Gasteiger charge is 2.47. The molecule has 0 aliphatic heterocycles. The quantitative estimate of drug-likeness (QED) is 0.570. The van der Waals surface area contributed by atoms with Crippen LogP contribution >= 0.6 is 0 Å². The van der Waals surface area contributed by atoms with Crippen LogP contribution < -0.4 is 0 Å². The average molecular weight is 249 g/mol. The van der Waals surface area contributed by atoms with Crippen molar-refractivity contribution in [3.05, 3.63) is 24.3 Å². The van der Waals surface area contributed by atoms with Gasteiger partial charge in [0.1, 0.15) is 23.2 Å². The smallest absolute Gasteiger partial charge is 0.579 e. The number of rotatable bonds is 1. The van der Waals surface area contributed by atoms with Crippen LogP contribution in [0.3, 0.4) is 0 Å². The predicted octanol–water partition coefficient (Wildman–Crippen LogP) is 1.67. The first-order chi connectivity index (χ1) is 7.38. The Morgan fingerprint density at radius 1 is 1.44 bits per heavy atom. The van der Waals surface area contributed by atoms with Crippen molar-refractivity contribution >= 4 is 16.8 Å². The zero-order valence-corrected chi connectivity index (χ0v) is 8.84. The molecule has 2 aromatic rings. The number of aryl methyl sites for hydroxylation is 1. The minimum atomic E-state index is -4.80. The Balaban J connectivity index is 2.46. The average Bonchev–Trinajstić information content (AvgIpc) is 2.54. The first kappa shape index (κ1) is 11.2. The third-order valence-corrected chi connectivity index (χ3v) is 2.87. The Morgan fingerprint density at radius 3 is 2.75 bits per heavy atom. The molecule has 0 radical (unpaired) electrons. The Morgan fingerprint density at radius 2 is 2.12 bits per heavy atom. The Bertz CT molecular complexity index is 525. The molecule has 86 valence electrons. The number of hydrogen-bond donors (Lipinski definition) is 0. The molecule has 0 aliphatic carbocycles. The van der Waals surface area contributed by atoms with Crippen LogP contribution in [-0.2, 0) is 11.2 Å². The van der Waals surface area contributed by atoms with Crippen molar-refractivity contribution in [2.45, 2.75) is 17.5 Å². The van der Waals surface area contributed by atoms with E-state index in [1.807, 2.05) is 0 Å². The van der Waals surface area contributed by atoms with Crippen LogP contribution in [-0.4, -0.2) is 24.4 Å². The normalized spacial score (nSPS) is 14.3. The number of aromatic nitrogens is 3. The van der Waals surface area contributed by atoms with Gasteiger partial charge in [-0.1, -0.05) is 0 Å². The van der Waals surface area contributed by atoms with E-state index in [0.29, 0.717) is 11.3 Å². The van der Waals surface area contributed by atoms with Gasteiger partial charge in [0.25, 0.3) is 5.03 Å². The highest BCUT2D eigenvalue weighted by atomic mass is 32.2. The van der Waals surface area contributed by atoms with Gasteiger partial charge in [0.2, 0.25) is 0 Å². The van der Waals surface area contributed by atoms with Gasteiger partial charge in [0.15, 0.2) is 0 Å². The van der Waals surface area contributed by atoms with Crippen molar-refractivity contribution in [3.63, 3.8) is 0 Å². The monoisotopic (exact) mass is 249 g/mol. The molecule has 2 heterocycles. The molecule has 0 spiro atoms. The van der Waals surface area contributed by atoms with Crippen LogP contribution in [0.1, 0.15) is 5.69 Å². The summed E-state index contributed by atoms with van der Waals surface area (Å²) in [5.74, 6) is 0. The summed E-state index contributed by atoms with van der Waals surface area (Å²) in [5, 5.41) is -0.536. The molecule has 2 rings (SSSR count). The third-order valence-electron chi connectivity index (χ3n) is 1.84. The van der Waals surface area contributed by atoms with Crippen molar-refractivity contribution in [1.29, 1.82) is 0 Å². The summed E-state index contributed by atoms with van der Waals surface area (Å²) in [7, 11) is 0. The number of imidazole rings is 1. The molecule has 0 fully saturated rings. The topological polar surface area (TPSA) is 53.2 Å². The second-order valence-electron chi connectivity index (χ2n) is 3.09. The fraction of sp³-hybridized carbons (Fsp3) is 0.250. The summed E-state index contributed by atoms with van der Waals surface area (Å²) in [5.41, 5.74) is -3.86. The van der Waals surface area contributed by atoms with Gasteiger partial charge in [-0.25, -0.2) is 4.98 Å². The molecule has 4 nitrogen and oxygen atoms in total. The van der Waals surface area contributed by atoms with Crippen LogP contribution in [0.4, 0.5) is 13.2 Å². The van der Waals surface area contributed by atoms with E-state index in [4.69, 9.17) is 0 Å². The van der Waals surface area contributed by atoms with Crippen LogP contribution in [0.15, 0.2) is 23.6 Å². The minimum Gasteiger partial charge on any atom is -0.603 e. The molecule has 0 aliphatic rings. The van der Waals surface area contributed by atoms with Gasteiger partial charge in [-0.2, -0.15) is 4.98 Å². The van der Waals surface area contributed by atoms with Crippen molar-refractivity contribution in [3.8, 4) is 0 Å². The van der Waals surface area contributed by atoms with Gasteiger partial charge in [-0.3, -0.25) is 4.40 Å². The van der Waals surface area contributed by atoms with E-state index in [-0.39, 0.29) is 0 Å². The van der Waals surface area contributed by atoms with Gasteiger partial charge < -0.3 is 4.55 Å². The first-order valence-corrected chi connectivity index (χ1v) is 5.33. The summed E-state index contributed by atoms with van der Waals surface area (Å²) in [6.07, 6.45) is 2.77. The second kappa shape index (κ2) is 3.63. The van der Waals surface area contributed by atoms with Gasteiger partial charge >= 0.3 is 5.51 Å². The predicted molar refractivity (Wildman–Crippen MR) is 50.2 cm³/mol. The number of nitrogens with zero attached hydrogens (tertiary/aromatic N) is 3. The first-order valence-electron chi connectivity index (χ1n) is 4.18. The van der Waals surface area contributed by atoms with Crippen LogP contribution in [0.2, 0.25) is 0 Å². The van der Waals surface area contributed by atoms with Crippen LogP contribution in [0.25, 0.3) is 5.65 Å². The number of fused-ring (bicyclic) bond motifs is 1. The zero-order valence-electron chi connectivity index (χ0n) is 8.02. The zero-order chi connectivity index (χ0) is 11.9. The van der Waals surface area contributed by atoms with E-state index in [1.165, 1.54) is 4.40 Å². The molecular formula is C8H6F3N3OS. The number of halogens is 3. The van der Waals surface area contributed by atoms with E-state index in [0.717, 1.165) is 12.4 Å². The Hall–Kier alpha value is -1.28. The van der Waals surface area contributed by atoms with Crippen molar-refractivity contribution < 1.29 is 17.7 Å². The molecule has 0 N–H and O–H groups in total. The lowest BCUT2D eigenvalue weighted by atomic mass is 10.6. The second-order valence-corrected chi connectivity index (χ2v) is 4.51. The lowest BCUT2D eigenvalue weighted by molar-refractivity contribution is -0.0437. The molecule has 1 atom stereocenters. The lowest BCUT2D eigenvalue weighted by Gasteiger charge is -2.10. The molecule has 0 amide bonds. The SMILES string of the molecule is Cc1cn2cnc([S+]([O-])C(F)(F)F)cc2n1.